The molecule has 5 atom stereocenters. The zero-order valence-electron chi connectivity index (χ0n) is 6.54. The summed E-state index contributed by atoms with van der Waals surface area (Å²) in [5.41, 5.74) is 0. The van der Waals surface area contributed by atoms with E-state index < -0.39 is 36.9 Å². The van der Waals surface area contributed by atoms with Gasteiger partial charge in [-0.25, -0.2) is 0 Å². The first-order valence-corrected chi connectivity index (χ1v) is 3.91. The first-order valence-electron chi connectivity index (χ1n) is 3.91. The minimum Gasteiger partial charge on any atom is -0.394 e. The van der Waals surface area contributed by atoms with Gasteiger partial charge in [0.2, 0.25) is 0 Å². The van der Waals surface area contributed by atoms with E-state index in [2.05, 4.69) is 0 Å². The zero-order valence-corrected chi connectivity index (χ0v) is 6.54. The number of rotatable bonds is 2. The molecule has 0 bridgehead atoms. The van der Waals surface area contributed by atoms with Crippen LogP contribution in [0.4, 0.5) is 0 Å². The van der Waals surface area contributed by atoms with Gasteiger partial charge in [0.05, 0.1) is 24.9 Å². The summed E-state index contributed by atoms with van der Waals surface area (Å²) in [6.45, 7) is -0.471. The predicted molar refractivity (Wildman–Crippen MR) is 39.2 cm³/mol. The summed E-state index contributed by atoms with van der Waals surface area (Å²) >= 11 is 0. The Morgan fingerprint density at radius 2 is 1.75 bits per heavy atom. The lowest BCUT2D eigenvalue weighted by atomic mass is 9.99. The lowest BCUT2D eigenvalue weighted by Crippen LogP contribution is -2.35. The van der Waals surface area contributed by atoms with Crippen LogP contribution in [-0.4, -0.2) is 56.6 Å². The second-order valence-electron chi connectivity index (χ2n) is 3.20. The Balaban J connectivity index is 2.58. The largest absolute Gasteiger partial charge is 0.394 e. The molecule has 1 aliphatic rings. The highest BCUT2D eigenvalue weighted by Crippen LogP contribution is 2.29. The first-order chi connectivity index (χ1) is 5.57. The summed E-state index contributed by atoms with van der Waals surface area (Å²) in [6.07, 6.45) is -4.33. The van der Waals surface area contributed by atoms with E-state index in [1.54, 1.807) is 0 Å². The second kappa shape index (κ2) is 3.68. The van der Waals surface area contributed by atoms with Crippen LogP contribution in [0.1, 0.15) is 6.42 Å². The lowest BCUT2D eigenvalue weighted by Gasteiger charge is -2.19. The van der Waals surface area contributed by atoms with Crippen molar-refractivity contribution in [2.75, 3.05) is 6.61 Å². The van der Waals surface area contributed by atoms with Crippen LogP contribution in [0.3, 0.4) is 0 Å². The van der Waals surface area contributed by atoms with E-state index in [4.69, 9.17) is 20.4 Å². The van der Waals surface area contributed by atoms with Crippen molar-refractivity contribution in [3.63, 3.8) is 0 Å². The molecule has 5 heteroatoms. The molecular formula is C7H14O5. The van der Waals surface area contributed by atoms with Gasteiger partial charge in [-0.2, -0.15) is 0 Å². The van der Waals surface area contributed by atoms with Crippen molar-refractivity contribution >= 4 is 0 Å². The Morgan fingerprint density at radius 3 is 2.08 bits per heavy atom. The first kappa shape index (κ1) is 9.88. The molecule has 72 valence electrons. The molecule has 0 amide bonds. The summed E-state index contributed by atoms with van der Waals surface area (Å²) in [5.74, 6) is -0.639. The van der Waals surface area contributed by atoms with E-state index >= 15 is 0 Å². The van der Waals surface area contributed by atoms with Crippen LogP contribution in [0.15, 0.2) is 0 Å². The minimum atomic E-state index is -1.21. The van der Waals surface area contributed by atoms with Gasteiger partial charge in [0.25, 0.3) is 0 Å². The maximum absolute atomic E-state index is 9.25. The molecule has 0 unspecified atom stereocenters. The quantitative estimate of drug-likeness (QED) is 0.320. The topological polar surface area (TPSA) is 101 Å². The van der Waals surface area contributed by atoms with Crippen LogP contribution in [0.25, 0.3) is 0 Å². The Bertz CT molecular complexity index is 151. The lowest BCUT2D eigenvalue weighted by molar-refractivity contribution is -0.0496. The Hall–Kier alpha value is -0.200. The van der Waals surface area contributed by atoms with Crippen molar-refractivity contribution < 1.29 is 25.5 Å². The maximum atomic E-state index is 9.25. The highest BCUT2D eigenvalue weighted by molar-refractivity contribution is 4.93. The third kappa shape index (κ3) is 1.60. The van der Waals surface area contributed by atoms with E-state index in [0.717, 1.165) is 0 Å². The minimum absolute atomic E-state index is 0.115. The fraction of sp³-hybridized carbons (Fsp3) is 1.00. The summed E-state index contributed by atoms with van der Waals surface area (Å²) in [4.78, 5) is 0. The third-order valence-corrected chi connectivity index (χ3v) is 2.38. The molecule has 0 aromatic carbocycles. The van der Waals surface area contributed by atoms with E-state index in [-0.39, 0.29) is 6.42 Å². The van der Waals surface area contributed by atoms with E-state index in [1.165, 1.54) is 0 Å². The monoisotopic (exact) mass is 178 g/mol. The molecule has 12 heavy (non-hydrogen) atoms. The number of hydrogen-bond donors (Lipinski definition) is 5. The van der Waals surface area contributed by atoms with Gasteiger partial charge in [-0.05, 0) is 6.42 Å². The molecule has 1 saturated carbocycles. The highest BCUT2D eigenvalue weighted by atomic mass is 16.4. The van der Waals surface area contributed by atoms with Crippen molar-refractivity contribution in [2.45, 2.75) is 30.8 Å². The van der Waals surface area contributed by atoms with Crippen LogP contribution in [0.2, 0.25) is 0 Å². The van der Waals surface area contributed by atoms with Crippen LogP contribution in [-0.2, 0) is 0 Å². The number of aliphatic hydroxyl groups excluding tert-OH is 5. The van der Waals surface area contributed by atoms with Gasteiger partial charge in [-0.3, -0.25) is 0 Å². The molecule has 1 fully saturated rings. The molecule has 1 aliphatic carbocycles. The standard InChI is InChI=1S/C7H14O5/c8-2-5(10)3-1-4(9)7(12)6(3)11/h3-12H,1-2H2/t3-,4-,5-,6-,7+/m1/s1. The maximum Gasteiger partial charge on any atom is 0.106 e. The normalized spacial score (nSPS) is 44.8. The average Bonchev–Trinajstić information content (AvgIpc) is 2.32. The highest BCUT2D eigenvalue weighted by Gasteiger charge is 2.43. The van der Waals surface area contributed by atoms with Crippen LogP contribution >= 0.6 is 0 Å². The van der Waals surface area contributed by atoms with Gasteiger partial charge in [-0.1, -0.05) is 0 Å². The molecule has 0 heterocycles. The summed E-state index contributed by atoms with van der Waals surface area (Å²) in [5, 5.41) is 45.1. The molecule has 0 aromatic rings. The second-order valence-corrected chi connectivity index (χ2v) is 3.20. The van der Waals surface area contributed by atoms with Crippen molar-refractivity contribution in [2.24, 2.45) is 5.92 Å². The van der Waals surface area contributed by atoms with Gasteiger partial charge in [0, 0.05) is 5.92 Å². The third-order valence-electron chi connectivity index (χ3n) is 2.38. The Kier molecular flexibility index (Phi) is 3.03. The van der Waals surface area contributed by atoms with Crippen LogP contribution in [0.5, 0.6) is 0 Å². The van der Waals surface area contributed by atoms with Gasteiger partial charge in [0.15, 0.2) is 0 Å². The van der Waals surface area contributed by atoms with E-state index in [1.807, 2.05) is 0 Å². The molecule has 1 rings (SSSR count). The smallest absolute Gasteiger partial charge is 0.106 e. The molecule has 5 nitrogen and oxygen atoms in total. The average molecular weight is 178 g/mol. The molecule has 0 saturated heterocycles. The van der Waals surface area contributed by atoms with Gasteiger partial charge < -0.3 is 25.5 Å². The van der Waals surface area contributed by atoms with Gasteiger partial charge in [-0.15, -0.1) is 0 Å². The molecular weight excluding hydrogens is 164 g/mol. The molecule has 0 aromatic heterocycles. The summed E-state index contributed by atoms with van der Waals surface area (Å²) in [7, 11) is 0. The van der Waals surface area contributed by atoms with Crippen LogP contribution in [0, 0.1) is 5.92 Å². The molecule has 0 spiro atoms. The number of hydrogen-bond acceptors (Lipinski definition) is 5. The van der Waals surface area contributed by atoms with E-state index in [9.17, 15) is 5.11 Å². The zero-order chi connectivity index (χ0) is 9.30. The van der Waals surface area contributed by atoms with Gasteiger partial charge in [0.1, 0.15) is 6.10 Å². The SMILES string of the molecule is OC[C@@H](O)[C@H]1C[C@@H](O)[C@H](O)[C@@H]1O. The van der Waals surface area contributed by atoms with Crippen molar-refractivity contribution in [3.8, 4) is 0 Å². The summed E-state index contributed by atoms with van der Waals surface area (Å²) in [6, 6.07) is 0. The Morgan fingerprint density at radius 1 is 1.17 bits per heavy atom. The molecule has 5 N–H and O–H groups in total. The van der Waals surface area contributed by atoms with E-state index in [0.29, 0.717) is 0 Å². The number of aliphatic hydroxyl groups is 5. The van der Waals surface area contributed by atoms with Gasteiger partial charge >= 0.3 is 0 Å². The molecule has 0 aliphatic heterocycles. The summed E-state index contributed by atoms with van der Waals surface area (Å²) < 4.78 is 0. The van der Waals surface area contributed by atoms with Crippen molar-refractivity contribution in [3.05, 3.63) is 0 Å². The Labute approximate surface area is 69.9 Å². The van der Waals surface area contributed by atoms with Crippen molar-refractivity contribution in [1.29, 1.82) is 0 Å². The van der Waals surface area contributed by atoms with Crippen LogP contribution < -0.4 is 0 Å². The fourth-order valence-electron chi connectivity index (χ4n) is 1.56. The fourth-order valence-corrected chi connectivity index (χ4v) is 1.56. The van der Waals surface area contributed by atoms with Crippen molar-refractivity contribution in [1.82, 2.24) is 0 Å². The predicted octanol–water partition coefficient (Wildman–Crippen LogP) is -2.56. The molecule has 0 radical (unpaired) electrons.